The molecule has 0 atom stereocenters. The fraction of sp³-hybridized carbons (Fsp3) is 0.300. The molecule has 0 aliphatic rings. The van der Waals surface area contributed by atoms with Gasteiger partial charge in [-0.05, 0) is 23.6 Å². The molecule has 0 saturated carbocycles. The molecule has 3 nitrogen and oxygen atoms in total. The zero-order valence-electron chi connectivity index (χ0n) is 8.24. The topological polar surface area (TPSA) is 50.9 Å². The van der Waals surface area contributed by atoms with Crippen LogP contribution in [-0.2, 0) is 0 Å². The Hall–Kier alpha value is -1.13. The highest BCUT2D eigenvalue weighted by molar-refractivity contribution is 7.22. The minimum absolute atomic E-state index is 0.552. The lowest BCUT2D eigenvalue weighted by Crippen LogP contribution is -2.05. The Kier molecular flexibility index (Phi) is 2.39. The summed E-state index contributed by atoms with van der Waals surface area (Å²) in [6.07, 6.45) is 0. The number of thiazole rings is 1. The molecule has 0 radical (unpaired) electrons. The van der Waals surface area contributed by atoms with E-state index in [4.69, 9.17) is 5.84 Å². The second kappa shape index (κ2) is 3.55. The van der Waals surface area contributed by atoms with Crippen molar-refractivity contribution in [2.24, 2.45) is 5.84 Å². The first-order valence-electron chi connectivity index (χ1n) is 4.58. The summed E-state index contributed by atoms with van der Waals surface area (Å²) in [6, 6.07) is 6.34. The molecule has 0 bridgehead atoms. The Morgan fingerprint density at radius 3 is 2.86 bits per heavy atom. The van der Waals surface area contributed by atoms with Crippen LogP contribution in [0.3, 0.4) is 0 Å². The van der Waals surface area contributed by atoms with Gasteiger partial charge in [0.25, 0.3) is 0 Å². The van der Waals surface area contributed by atoms with Crippen molar-refractivity contribution in [2.45, 2.75) is 19.8 Å². The molecule has 74 valence electrons. The molecule has 0 fully saturated rings. The Morgan fingerprint density at radius 1 is 1.43 bits per heavy atom. The molecule has 0 spiro atoms. The molecule has 2 rings (SSSR count). The standard InChI is InChI=1S/C10H13N3S/c1-6(2)7-3-4-8-9(5-7)14-10(12-8)13-11/h3-6H,11H2,1-2H3,(H,12,13). The van der Waals surface area contributed by atoms with E-state index in [1.165, 1.54) is 10.3 Å². The highest BCUT2D eigenvalue weighted by Crippen LogP contribution is 2.28. The predicted octanol–water partition coefficient (Wildman–Crippen LogP) is 2.71. The highest BCUT2D eigenvalue weighted by Gasteiger charge is 2.05. The normalized spacial score (nSPS) is 11.1. The van der Waals surface area contributed by atoms with Gasteiger partial charge in [0.05, 0.1) is 10.2 Å². The van der Waals surface area contributed by atoms with Crippen molar-refractivity contribution in [3.63, 3.8) is 0 Å². The van der Waals surface area contributed by atoms with Crippen LogP contribution in [0.15, 0.2) is 18.2 Å². The van der Waals surface area contributed by atoms with Crippen LogP contribution in [0.1, 0.15) is 25.3 Å². The quantitative estimate of drug-likeness (QED) is 0.588. The molecule has 2 aromatic rings. The Bertz CT molecular complexity index is 448. The summed E-state index contributed by atoms with van der Waals surface area (Å²) in [7, 11) is 0. The lowest BCUT2D eigenvalue weighted by molar-refractivity contribution is 0.869. The molecule has 1 aromatic heterocycles. The first kappa shape index (κ1) is 9.43. The van der Waals surface area contributed by atoms with E-state index in [0.717, 1.165) is 10.6 Å². The van der Waals surface area contributed by atoms with E-state index < -0.39 is 0 Å². The van der Waals surface area contributed by atoms with Gasteiger partial charge in [-0.3, -0.25) is 5.43 Å². The van der Waals surface area contributed by atoms with E-state index in [9.17, 15) is 0 Å². The third kappa shape index (κ3) is 1.58. The molecule has 14 heavy (non-hydrogen) atoms. The number of anilines is 1. The molecular formula is C10H13N3S. The maximum Gasteiger partial charge on any atom is 0.198 e. The van der Waals surface area contributed by atoms with Crippen LogP contribution in [0.4, 0.5) is 5.13 Å². The average molecular weight is 207 g/mol. The third-order valence-electron chi connectivity index (χ3n) is 2.20. The van der Waals surface area contributed by atoms with Crippen molar-refractivity contribution in [1.29, 1.82) is 0 Å². The van der Waals surface area contributed by atoms with Crippen molar-refractivity contribution in [2.75, 3.05) is 5.43 Å². The minimum atomic E-state index is 0.552. The number of aromatic nitrogens is 1. The van der Waals surface area contributed by atoms with E-state index in [2.05, 4.69) is 36.4 Å². The Labute approximate surface area is 86.9 Å². The lowest BCUT2D eigenvalue weighted by atomic mass is 10.0. The first-order chi connectivity index (χ1) is 6.70. The number of nitrogens with two attached hydrogens (primary N) is 1. The van der Waals surface area contributed by atoms with Crippen molar-refractivity contribution in [1.82, 2.24) is 4.98 Å². The zero-order valence-corrected chi connectivity index (χ0v) is 9.06. The number of hydrogen-bond acceptors (Lipinski definition) is 4. The van der Waals surface area contributed by atoms with Gasteiger partial charge in [-0.15, -0.1) is 0 Å². The summed E-state index contributed by atoms with van der Waals surface area (Å²) in [4.78, 5) is 4.31. The highest BCUT2D eigenvalue weighted by atomic mass is 32.1. The first-order valence-corrected chi connectivity index (χ1v) is 5.39. The van der Waals surface area contributed by atoms with Crippen molar-refractivity contribution < 1.29 is 0 Å². The van der Waals surface area contributed by atoms with Crippen LogP contribution in [-0.4, -0.2) is 4.98 Å². The Morgan fingerprint density at radius 2 is 2.21 bits per heavy atom. The van der Waals surface area contributed by atoms with Gasteiger partial charge in [-0.25, -0.2) is 10.8 Å². The largest absolute Gasteiger partial charge is 0.300 e. The Balaban J connectivity index is 2.54. The number of hydrogen-bond donors (Lipinski definition) is 2. The van der Waals surface area contributed by atoms with Gasteiger partial charge >= 0.3 is 0 Å². The van der Waals surface area contributed by atoms with Crippen LogP contribution in [0.25, 0.3) is 10.2 Å². The van der Waals surface area contributed by atoms with E-state index >= 15 is 0 Å². The molecule has 3 N–H and O–H groups in total. The fourth-order valence-corrected chi connectivity index (χ4v) is 2.19. The number of hydrazine groups is 1. The van der Waals surface area contributed by atoms with Gasteiger partial charge in [0.1, 0.15) is 0 Å². The van der Waals surface area contributed by atoms with Gasteiger partial charge in [0.15, 0.2) is 5.13 Å². The fourth-order valence-electron chi connectivity index (χ4n) is 1.36. The summed E-state index contributed by atoms with van der Waals surface area (Å²) in [5, 5.41) is 0.765. The second-order valence-electron chi connectivity index (χ2n) is 3.55. The summed E-state index contributed by atoms with van der Waals surface area (Å²) >= 11 is 1.58. The van der Waals surface area contributed by atoms with E-state index in [0.29, 0.717) is 5.92 Å². The number of nitrogen functional groups attached to an aromatic ring is 1. The van der Waals surface area contributed by atoms with Crippen molar-refractivity contribution in [3.8, 4) is 0 Å². The summed E-state index contributed by atoms with van der Waals surface area (Å²) in [5.74, 6) is 5.86. The van der Waals surface area contributed by atoms with Gasteiger partial charge in [-0.2, -0.15) is 0 Å². The maximum atomic E-state index is 5.31. The minimum Gasteiger partial charge on any atom is -0.300 e. The SMILES string of the molecule is CC(C)c1ccc2nc(NN)sc2c1. The van der Waals surface area contributed by atoms with Gasteiger partial charge in [0, 0.05) is 0 Å². The molecule has 0 amide bonds. The summed E-state index contributed by atoms with van der Waals surface area (Å²) in [5.41, 5.74) is 4.92. The van der Waals surface area contributed by atoms with E-state index in [-0.39, 0.29) is 0 Å². The van der Waals surface area contributed by atoms with Crippen LogP contribution in [0.2, 0.25) is 0 Å². The van der Waals surface area contributed by atoms with E-state index in [1.54, 1.807) is 11.3 Å². The second-order valence-corrected chi connectivity index (χ2v) is 4.58. The number of nitrogens with one attached hydrogen (secondary N) is 1. The molecule has 0 aliphatic heterocycles. The monoisotopic (exact) mass is 207 g/mol. The van der Waals surface area contributed by atoms with Crippen LogP contribution in [0.5, 0.6) is 0 Å². The lowest BCUT2D eigenvalue weighted by Gasteiger charge is -2.03. The third-order valence-corrected chi connectivity index (χ3v) is 3.15. The zero-order chi connectivity index (χ0) is 10.1. The van der Waals surface area contributed by atoms with Crippen LogP contribution < -0.4 is 11.3 Å². The molecule has 0 saturated heterocycles. The van der Waals surface area contributed by atoms with Crippen molar-refractivity contribution >= 4 is 26.7 Å². The molecule has 1 heterocycles. The number of rotatable bonds is 2. The van der Waals surface area contributed by atoms with Crippen LogP contribution >= 0.6 is 11.3 Å². The van der Waals surface area contributed by atoms with Crippen LogP contribution in [0, 0.1) is 0 Å². The number of benzene rings is 1. The van der Waals surface area contributed by atoms with Gasteiger partial charge in [-0.1, -0.05) is 31.3 Å². The number of nitrogens with zero attached hydrogens (tertiary/aromatic N) is 1. The predicted molar refractivity (Wildman–Crippen MR) is 61.5 cm³/mol. The number of fused-ring (bicyclic) bond motifs is 1. The average Bonchev–Trinajstić information content (AvgIpc) is 2.58. The molecule has 4 heteroatoms. The smallest absolute Gasteiger partial charge is 0.198 e. The maximum absolute atomic E-state index is 5.31. The van der Waals surface area contributed by atoms with Crippen molar-refractivity contribution in [3.05, 3.63) is 23.8 Å². The molecule has 0 aliphatic carbocycles. The summed E-state index contributed by atoms with van der Waals surface area (Å²) in [6.45, 7) is 4.37. The molecule has 0 unspecified atom stereocenters. The molecule has 1 aromatic carbocycles. The van der Waals surface area contributed by atoms with Gasteiger partial charge in [0.2, 0.25) is 0 Å². The molecular weight excluding hydrogens is 194 g/mol. The van der Waals surface area contributed by atoms with E-state index in [1.807, 2.05) is 6.07 Å². The summed E-state index contributed by atoms with van der Waals surface area (Å²) < 4.78 is 1.18. The van der Waals surface area contributed by atoms with Gasteiger partial charge < -0.3 is 0 Å².